The first kappa shape index (κ1) is 16.8. The highest BCUT2D eigenvalue weighted by atomic mass is 79.9. The minimum atomic E-state index is -0.266. The predicted octanol–water partition coefficient (Wildman–Crippen LogP) is 6.34. The Kier molecular flexibility index (Phi) is 4.18. The van der Waals surface area contributed by atoms with Crippen molar-refractivity contribution in [1.82, 2.24) is 5.01 Å². The van der Waals surface area contributed by atoms with E-state index in [1.165, 1.54) is 0 Å². The highest BCUT2D eigenvalue weighted by molar-refractivity contribution is 9.10. The van der Waals surface area contributed by atoms with E-state index in [-0.39, 0.29) is 12.3 Å². The normalized spacial score (nSPS) is 20.5. The van der Waals surface area contributed by atoms with Crippen LogP contribution in [0, 0.1) is 0 Å². The van der Waals surface area contributed by atoms with Crippen molar-refractivity contribution in [3.8, 4) is 5.75 Å². The Hall–Kier alpha value is -2.30. The van der Waals surface area contributed by atoms with Crippen molar-refractivity contribution in [3.63, 3.8) is 0 Å². The molecule has 0 unspecified atom stereocenters. The average molecular weight is 440 g/mol. The van der Waals surface area contributed by atoms with Gasteiger partial charge in [-0.15, -0.1) is 0 Å². The minimum Gasteiger partial charge on any atom is -0.464 e. The fourth-order valence-corrected chi connectivity index (χ4v) is 4.25. The molecule has 27 heavy (non-hydrogen) atoms. The third-order valence-corrected chi connectivity index (χ3v) is 5.90. The van der Waals surface area contributed by atoms with Crippen LogP contribution in [0.1, 0.15) is 35.4 Å². The van der Waals surface area contributed by atoms with Crippen LogP contribution < -0.4 is 4.74 Å². The minimum absolute atomic E-state index is 0.134. The molecule has 0 radical (unpaired) electrons. The molecule has 2 aliphatic heterocycles. The third-order valence-electron chi connectivity index (χ3n) is 5.04. The lowest BCUT2D eigenvalue weighted by atomic mass is 9.96. The molecular formula is C22H16BrClN2O. The number of fused-ring (bicyclic) bond motifs is 3. The zero-order valence-electron chi connectivity index (χ0n) is 14.3. The summed E-state index contributed by atoms with van der Waals surface area (Å²) in [5.41, 5.74) is 4.21. The van der Waals surface area contributed by atoms with Gasteiger partial charge in [0.05, 0.1) is 11.8 Å². The summed E-state index contributed by atoms with van der Waals surface area (Å²) < 4.78 is 7.40. The van der Waals surface area contributed by atoms with E-state index in [0.29, 0.717) is 0 Å². The maximum absolute atomic E-state index is 6.44. The second kappa shape index (κ2) is 6.70. The van der Waals surface area contributed by atoms with Gasteiger partial charge < -0.3 is 4.74 Å². The average Bonchev–Trinajstić information content (AvgIpc) is 3.14. The van der Waals surface area contributed by atoms with Gasteiger partial charge in [-0.25, -0.2) is 5.01 Å². The number of hydrazone groups is 1. The van der Waals surface area contributed by atoms with Crippen molar-refractivity contribution in [2.45, 2.75) is 18.7 Å². The van der Waals surface area contributed by atoms with E-state index in [1.807, 2.05) is 54.6 Å². The van der Waals surface area contributed by atoms with Crippen LogP contribution in [-0.4, -0.2) is 10.7 Å². The van der Waals surface area contributed by atoms with Gasteiger partial charge in [0.2, 0.25) is 6.23 Å². The van der Waals surface area contributed by atoms with E-state index in [9.17, 15) is 0 Å². The fourth-order valence-electron chi connectivity index (χ4n) is 3.74. The number of ether oxygens (including phenoxy) is 1. The highest BCUT2D eigenvalue weighted by Crippen LogP contribution is 2.47. The Morgan fingerprint density at radius 3 is 2.52 bits per heavy atom. The molecule has 0 aromatic heterocycles. The van der Waals surface area contributed by atoms with E-state index < -0.39 is 0 Å². The maximum Gasteiger partial charge on any atom is 0.213 e. The zero-order valence-corrected chi connectivity index (χ0v) is 16.7. The third kappa shape index (κ3) is 2.93. The summed E-state index contributed by atoms with van der Waals surface area (Å²) in [6.07, 6.45) is 0.537. The van der Waals surface area contributed by atoms with Crippen molar-refractivity contribution in [1.29, 1.82) is 0 Å². The predicted molar refractivity (Wildman–Crippen MR) is 111 cm³/mol. The summed E-state index contributed by atoms with van der Waals surface area (Å²) in [7, 11) is 0. The van der Waals surface area contributed by atoms with E-state index in [1.54, 1.807) is 0 Å². The number of hydrogen-bond acceptors (Lipinski definition) is 3. The molecule has 0 bridgehead atoms. The molecule has 0 saturated heterocycles. The molecule has 3 aromatic carbocycles. The van der Waals surface area contributed by atoms with E-state index >= 15 is 0 Å². The molecule has 5 heteroatoms. The van der Waals surface area contributed by atoms with Crippen LogP contribution in [-0.2, 0) is 0 Å². The molecule has 0 aliphatic carbocycles. The summed E-state index contributed by atoms with van der Waals surface area (Å²) in [6.45, 7) is 0. The molecule has 5 rings (SSSR count). The van der Waals surface area contributed by atoms with Gasteiger partial charge in [0.1, 0.15) is 5.75 Å². The Morgan fingerprint density at radius 2 is 1.70 bits per heavy atom. The second-order valence-corrected chi connectivity index (χ2v) is 8.01. The van der Waals surface area contributed by atoms with Crippen LogP contribution in [0.5, 0.6) is 5.75 Å². The summed E-state index contributed by atoms with van der Waals surface area (Å²) >= 11 is 9.94. The first-order valence-electron chi connectivity index (χ1n) is 8.82. The van der Waals surface area contributed by atoms with Gasteiger partial charge in [0.15, 0.2) is 0 Å². The van der Waals surface area contributed by atoms with Gasteiger partial charge >= 0.3 is 0 Å². The Balaban J connectivity index is 1.61. The number of hydrogen-bond donors (Lipinski definition) is 0. The number of para-hydroxylation sites is 1. The molecule has 0 saturated carbocycles. The largest absolute Gasteiger partial charge is 0.464 e. The SMILES string of the molecule is Clc1ccccc1C1=NN2[C@@H](C1)c1ccccc1O[C@H]2c1ccc(Br)cc1. The molecule has 0 N–H and O–H groups in total. The van der Waals surface area contributed by atoms with Crippen molar-refractivity contribution < 1.29 is 4.74 Å². The topological polar surface area (TPSA) is 24.8 Å². The second-order valence-electron chi connectivity index (χ2n) is 6.69. The van der Waals surface area contributed by atoms with Gasteiger partial charge in [-0.3, -0.25) is 0 Å². The fraction of sp³-hybridized carbons (Fsp3) is 0.136. The first-order valence-corrected chi connectivity index (χ1v) is 9.99. The van der Waals surface area contributed by atoms with E-state index in [4.69, 9.17) is 21.4 Å². The Labute approximate surface area is 171 Å². The van der Waals surface area contributed by atoms with Crippen LogP contribution in [0.2, 0.25) is 5.02 Å². The van der Waals surface area contributed by atoms with Crippen LogP contribution in [0.3, 0.4) is 0 Å². The molecule has 3 aromatic rings. The van der Waals surface area contributed by atoms with Gasteiger partial charge in [-0.2, -0.15) is 5.10 Å². The quantitative estimate of drug-likeness (QED) is 0.465. The maximum atomic E-state index is 6.44. The summed E-state index contributed by atoms with van der Waals surface area (Å²) in [6, 6.07) is 24.4. The molecule has 0 spiro atoms. The molecule has 2 heterocycles. The Bertz CT molecular complexity index is 1030. The Morgan fingerprint density at radius 1 is 0.963 bits per heavy atom. The lowest BCUT2D eigenvalue weighted by Crippen LogP contribution is -2.33. The van der Waals surface area contributed by atoms with Crippen LogP contribution >= 0.6 is 27.5 Å². The number of halogens is 2. The first-order chi connectivity index (χ1) is 13.2. The van der Waals surface area contributed by atoms with Crippen molar-refractivity contribution in [2.75, 3.05) is 0 Å². The van der Waals surface area contributed by atoms with Gasteiger partial charge in [0.25, 0.3) is 0 Å². The number of benzene rings is 3. The van der Waals surface area contributed by atoms with Crippen LogP contribution in [0.25, 0.3) is 0 Å². The van der Waals surface area contributed by atoms with Crippen molar-refractivity contribution in [2.24, 2.45) is 5.10 Å². The van der Waals surface area contributed by atoms with Gasteiger partial charge in [-0.1, -0.05) is 76.1 Å². The molecule has 0 amide bonds. The highest BCUT2D eigenvalue weighted by Gasteiger charge is 2.41. The lowest BCUT2D eigenvalue weighted by Gasteiger charge is -2.38. The summed E-state index contributed by atoms with van der Waals surface area (Å²) in [4.78, 5) is 0. The molecule has 134 valence electrons. The van der Waals surface area contributed by atoms with Gasteiger partial charge in [0, 0.05) is 32.6 Å². The van der Waals surface area contributed by atoms with Gasteiger partial charge in [-0.05, 0) is 24.3 Å². The molecule has 0 fully saturated rings. The monoisotopic (exact) mass is 438 g/mol. The van der Waals surface area contributed by atoms with Crippen LogP contribution in [0.15, 0.2) is 82.4 Å². The van der Waals surface area contributed by atoms with Crippen LogP contribution in [0.4, 0.5) is 0 Å². The standard InChI is InChI=1S/C22H16BrClN2O/c23-15-11-9-14(10-12-15)22-26-20(17-6-2-4-8-21(17)27-22)13-19(25-26)16-5-1-3-7-18(16)24/h1-12,20,22H,13H2/t20-,22-/m0/s1. The van der Waals surface area contributed by atoms with Crippen molar-refractivity contribution in [3.05, 3.63) is 99.0 Å². The number of rotatable bonds is 2. The lowest BCUT2D eigenvalue weighted by molar-refractivity contribution is -0.0190. The zero-order chi connectivity index (χ0) is 18.4. The van der Waals surface area contributed by atoms with E-state index in [0.717, 1.165) is 44.1 Å². The summed E-state index contributed by atoms with van der Waals surface area (Å²) in [5.74, 6) is 0.919. The smallest absolute Gasteiger partial charge is 0.213 e. The molecule has 2 aliphatic rings. The molecular weight excluding hydrogens is 424 g/mol. The van der Waals surface area contributed by atoms with E-state index in [2.05, 4.69) is 39.1 Å². The summed E-state index contributed by atoms with van der Waals surface area (Å²) in [5, 5.41) is 7.75. The van der Waals surface area contributed by atoms with Crippen molar-refractivity contribution >= 4 is 33.2 Å². The molecule has 2 atom stereocenters. The molecule has 3 nitrogen and oxygen atoms in total. The number of nitrogens with zero attached hydrogens (tertiary/aromatic N) is 2.